The smallest absolute Gasteiger partial charge is 0.0726 e. The fourth-order valence-electron chi connectivity index (χ4n) is 2.54. The van der Waals surface area contributed by atoms with Crippen molar-refractivity contribution in [3.8, 4) is 0 Å². The number of anilines is 1. The van der Waals surface area contributed by atoms with E-state index in [2.05, 4.69) is 62.2 Å². The second-order valence-corrected chi connectivity index (χ2v) is 5.86. The van der Waals surface area contributed by atoms with Crippen LogP contribution in [-0.2, 0) is 11.3 Å². The average molecular weight is 262 g/mol. The van der Waals surface area contributed by atoms with Crippen LogP contribution in [0.25, 0.3) is 0 Å². The summed E-state index contributed by atoms with van der Waals surface area (Å²) < 4.78 is 5.77. The summed E-state index contributed by atoms with van der Waals surface area (Å²) in [4.78, 5) is 2.42. The average Bonchev–Trinajstić information content (AvgIpc) is 2.36. The molecular weight excluding hydrogens is 236 g/mol. The van der Waals surface area contributed by atoms with Gasteiger partial charge in [-0.05, 0) is 31.5 Å². The number of hydrogen-bond donors (Lipinski definition) is 1. The normalized spacial score (nSPS) is 23.9. The Morgan fingerprint density at radius 2 is 1.74 bits per heavy atom. The molecule has 1 saturated heterocycles. The monoisotopic (exact) mass is 262 g/mol. The van der Waals surface area contributed by atoms with Crippen LogP contribution >= 0.6 is 0 Å². The summed E-state index contributed by atoms with van der Waals surface area (Å²) in [6.07, 6.45) is 0.622. The highest BCUT2D eigenvalue weighted by atomic mass is 16.5. The van der Waals surface area contributed by atoms with E-state index in [0.717, 1.165) is 19.6 Å². The standard InChI is InChI=1S/C16H26N2O/c1-12(2)17-9-15-5-7-16(8-6-15)18-10-13(3)19-14(4)11-18/h5-8,12-14,17H,9-11H2,1-4H3. The van der Waals surface area contributed by atoms with Gasteiger partial charge in [-0.2, -0.15) is 0 Å². The van der Waals surface area contributed by atoms with Crippen molar-refractivity contribution in [3.63, 3.8) is 0 Å². The van der Waals surface area contributed by atoms with Crippen molar-refractivity contribution < 1.29 is 4.74 Å². The Morgan fingerprint density at radius 3 is 2.26 bits per heavy atom. The molecular formula is C16H26N2O. The van der Waals surface area contributed by atoms with E-state index < -0.39 is 0 Å². The maximum absolute atomic E-state index is 5.77. The second kappa shape index (κ2) is 6.40. The molecule has 1 N–H and O–H groups in total. The lowest BCUT2D eigenvalue weighted by Gasteiger charge is -2.36. The zero-order valence-corrected chi connectivity index (χ0v) is 12.5. The first-order valence-electron chi connectivity index (χ1n) is 7.27. The largest absolute Gasteiger partial charge is 0.372 e. The lowest BCUT2D eigenvalue weighted by Crippen LogP contribution is -2.45. The van der Waals surface area contributed by atoms with Crippen LogP contribution < -0.4 is 10.2 Å². The van der Waals surface area contributed by atoms with E-state index in [1.807, 2.05) is 0 Å². The van der Waals surface area contributed by atoms with E-state index in [-0.39, 0.29) is 0 Å². The molecule has 2 unspecified atom stereocenters. The fourth-order valence-corrected chi connectivity index (χ4v) is 2.54. The first-order valence-corrected chi connectivity index (χ1v) is 7.27. The minimum atomic E-state index is 0.311. The van der Waals surface area contributed by atoms with Crippen LogP contribution in [0.1, 0.15) is 33.3 Å². The number of nitrogens with one attached hydrogen (secondary N) is 1. The third kappa shape index (κ3) is 4.22. The van der Waals surface area contributed by atoms with Gasteiger partial charge < -0.3 is 15.0 Å². The maximum atomic E-state index is 5.77. The van der Waals surface area contributed by atoms with Gasteiger partial charge in [0, 0.05) is 31.4 Å². The van der Waals surface area contributed by atoms with Gasteiger partial charge in [-0.1, -0.05) is 26.0 Å². The molecule has 1 aromatic carbocycles. The first-order chi connectivity index (χ1) is 9.04. The molecule has 0 aliphatic carbocycles. The van der Waals surface area contributed by atoms with E-state index in [4.69, 9.17) is 4.74 Å². The van der Waals surface area contributed by atoms with Gasteiger partial charge in [-0.15, -0.1) is 0 Å². The van der Waals surface area contributed by atoms with Gasteiger partial charge in [0.05, 0.1) is 12.2 Å². The predicted octanol–water partition coefficient (Wildman–Crippen LogP) is 2.80. The molecule has 1 heterocycles. The number of rotatable bonds is 4. The third-order valence-corrected chi connectivity index (χ3v) is 3.44. The molecule has 1 aliphatic heterocycles. The Morgan fingerprint density at radius 1 is 1.16 bits per heavy atom. The molecule has 0 spiro atoms. The molecule has 3 nitrogen and oxygen atoms in total. The molecule has 0 radical (unpaired) electrons. The van der Waals surface area contributed by atoms with Crippen molar-refractivity contribution in [1.29, 1.82) is 0 Å². The molecule has 0 aromatic heterocycles. The van der Waals surface area contributed by atoms with Crippen LogP contribution in [0, 0.1) is 0 Å². The number of morpholine rings is 1. The van der Waals surface area contributed by atoms with Crippen LogP contribution in [0.5, 0.6) is 0 Å². The lowest BCUT2D eigenvalue weighted by molar-refractivity contribution is -0.00521. The Balaban J connectivity index is 1.97. The topological polar surface area (TPSA) is 24.5 Å². The predicted molar refractivity (Wildman–Crippen MR) is 80.6 cm³/mol. The van der Waals surface area contributed by atoms with Crippen molar-refractivity contribution in [3.05, 3.63) is 29.8 Å². The highest BCUT2D eigenvalue weighted by molar-refractivity contribution is 5.48. The Labute approximate surface area is 116 Å². The van der Waals surface area contributed by atoms with Crippen LogP contribution in [0.4, 0.5) is 5.69 Å². The molecule has 1 aliphatic rings. The molecule has 0 amide bonds. The summed E-state index contributed by atoms with van der Waals surface area (Å²) in [5.41, 5.74) is 2.64. The summed E-state index contributed by atoms with van der Waals surface area (Å²) in [7, 11) is 0. The molecule has 19 heavy (non-hydrogen) atoms. The van der Waals surface area contributed by atoms with E-state index in [1.165, 1.54) is 11.3 Å². The zero-order chi connectivity index (χ0) is 13.8. The summed E-state index contributed by atoms with van der Waals surface area (Å²) >= 11 is 0. The summed E-state index contributed by atoms with van der Waals surface area (Å²) in [6, 6.07) is 9.41. The van der Waals surface area contributed by atoms with Crippen molar-refractivity contribution in [1.82, 2.24) is 5.32 Å². The third-order valence-electron chi connectivity index (χ3n) is 3.44. The van der Waals surface area contributed by atoms with Crippen molar-refractivity contribution in [2.45, 2.75) is 52.5 Å². The maximum Gasteiger partial charge on any atom is 0.0726 e. The van der Waals surface area contributed by atoms with Crippen LogP contribution in [0.15, 0.2) is 24.3 Å². The molecule has 2 atom stereocenters. The summed E-state index contributed by atoms with van der Waals surface area (Å²) in [6.45, 7) is 11.5. The second-order valence-electron chi connectivity index (χ2n) is 5.86. The molecule has 1 fully saturated rings. The van der Waals surface area contributed by atoms with Crippen LogP contribution in [0.2, 0.25) is 0 Å². The van der Waals surface area contributed by atoms with E-state index >= 15 is 0 Å². The lowest BCUT2D eigenvalue weighted by atomic mass is 10.1. The van der Waals surface area contributed by atoms with Gasteiger partial charge in [0.25, 0.3) is 0 Å². The van der Waals surface area contributed by atoms with Crippen molar-refractivity contribution >= 4 is 5.69 Å². The minimum absolute atomic E-state index is 0.311. The number of benzene rings is 1. The zero-order valence-electron chi connectivity index (χ0n) is 12.5. The first kappa shape index (κ1) is 14.4. The minimum Gasteiger partial charge on any atom is -0.372 e. The Hall–Kier alpha value is -1.06. The quantitative estimate of drug-likeness (QED) is 0.903. The van der Waals surface area contributed by atoms with Gasteiger partial charge in [0.2, 0.25) is 0 Å². The Bertz CT molecular complexity index is 378. The van der Waals surface area contributed by atoms with Crippen LogP contribution in [-0.4, -0.2) is 31.3 Å². The molecule has 0 bridgehead atoms. The molecule has 0 saturated carbocycles. The number of nitrogens with zero attached hydrogens (tertiary/aromatic N) is 1. The van der Waals surface area contributed by atoms with E-state index in [1.54, 1.807) is 0 Å². The SMILES string of the molecule is CC(C)NCc1ccc(N2CC(C)OC(C)C2)cc1. The van der Waals surface area contributed by atoms with Gasteiger partial charge in [-0.3, -0.25) is 0 Å². The highest BCUT2D eigenvalue weighted by Gasteiger charge is 2.22. The van der Waals surface area contributed by atoms with Gasteiger partial charge in [-0.25, -0.2) is 0 Å². The fraction of sp³-hybridized carbons (Fsp3) is 0.625. The number of ether oxygens (including phenoxy) is 1. The van der Waals surface area contributed by atoms with Crippen molar-refractivity contribution in [2.24, 2.45) is 0 Å². The number of hydrogen-bond acceptors (Lipinski definition) is 3. The van der Waals surface area contributed by atoms with E-state index in [0.29, 0.717) is 18.2 Å². The summed E-state index contributed by atoms with van der Waals surface area (Å²) in [5, 5.41) is 3.44. The molecule has 1 aromatic rings. The van der Waals surface area contributed by atoms with Gasteiger partial charge in [0.1, 0.15) is 0 Å². The summed E-state index contributed by atoms with van der Waals surface area (Å²) in [5.74, 6) is 0. The molecule has 2 rings (SSSR count). The van der Waals surface area contributed by atoms with E-state index in [9.17, 15) is 0 Å². The Kier molecular flexibility index (Phi) is 4.83. The van der Waals surface area contributed by atoms with Gasteiger partial charge >= 0.3 is 0 Å². The van der Waals surface area contributed by atoms with Crippen LogP contribution in [0.3, 0.4) is 0 Å². The molecule has 3 heteroatoms. The van der Waals surface area contributed by atoms with Gasteiger partial charge in [0.15, 0.2) is 0 Å². The molecule has 106 valence electrons. The highest BCUT2D eigenvalue weighted by Crippen LogP contribution is 2.20. The van der Waals surface area contributed by atoms with Crippen molar-refractivity contribution in [2.75, 3.05) is 18.0 Å².